The second-order valence-corrected chi connectivity index (χ2v) is 13.2. The summed E-state index contributed by atoms with van der Waals surface area (Å²) in [5, 5.41) is 36.1. The molecule has 0 rings (SSSR count). The molecule has 0 aromatic heterocycles. The van der Waals surface area contributed by atoms with Gasteiger partial charge in [0.2, 0.25) is 0 Å². The average molecular weight is 707 g/mol. The molecule has 49 heavy (non-hydrogen) atoms. The first-order chi connectivity index (χ1) is 23.2. The van der Waals surface area contributed by atoms with Gasteiger partial charge in [-0.3, -0.25) is 0 Å². The van der Waals surface area contributed by atoms with E-state index in [4.69, 9.17) is 10.2 Å². The van der Waals surface area contributed by atoms with Crippen LogP contribution >= 0.6 is 0 Å². The molecular formula is C40H74MgO8. The summed E-state index contributed by atoms with van der Waals surface area (Å²) in [6.45, 7) is 4.53. The predicted octanol–water partition coefficient (Wildman–Crippen LogP) is 9.33. The van der Waals surface area contributed by atoms with Crippen LogP contribution in [0.2, 0.25) is 0 Å². The third-order valence-corrected chi connectivity index (χ3v) is 8.34. The number of aliphatic carboxylic acids is 4. The van der Waals surface area contributed by atoms with E-state index in [9.17, 15) is 29.4 Å². The second kappa shape index (κ2) is 48.5. The number of carbonyl (C=O) groups is 4. The summed E-state index contributed by atoms with van der Waals surface area (Å²) in [7, 11) is 0. The Hall–Kier alpha value is -1.61. The first-order valence-electron chi connectivity index (χ1n) is 19.7. The Balaban J connectivity index is -0.000000333. The predicted molar refractivity (Wildman–Crippen MR) is 199 cm³/mol. The van der Waals surface area contributed by atoms with E-state index in [1.54, 1.807) is 0 Å². The molecule has 0 unspecified atom stereocenters. The smallest absolute Gasteiger partial charge is 0.550 e. The fraction of sp³-hybridized carbons (Fsp3) is 0.850. The molecule has 0 bridgehead atoms. The molecule has 0 radical (unpaired) electrons. The van der Waals surface area contributed by atoms with Crippen LogP contribution in [0.15, 0.2) is 12.2 Å². The minimum absolute atomic E-state index is 0. The fourth-order valence-electron chi connectivity index (χ4n) is 5.42. The quantitative estimate of drug-likeness (QED) is 0.0381. The van der Waals surface area contributed by atoms with Crippen LogP contribution in [-0.4, -0.2) is 57.1 Å². The van der Waals surface area contributed by atoms with Gasteiger partial charge < -0.3 is 30.0 Å². The molecule has 2 N–H and O–H groups in total. The molecule has 0 amide bonds. The van der Waals surface area contributed by atoms with Gasteiger partial charge in [0.15, 0.2) is 0 Å². The molecule has 0 aromatic carbocycles. The molecule has 0 spiro atoms. The monoisotopic (exact) mass is 707 g/mol. The number of rotatable bonds is 34. The number of carboxylic acid groups (broad SMARTS) is 4. The van der Waals surface area contributed by atoms with Crippen molar-refractivity contribution in [1.82, 2.24) is 0 Å². The van der Waals surface area contributed by atoms with Gasteiger partial charge in [0, 0.05) is 24.1 Å². The van der Waals surface area contributed by atoms with Gasteiger partial charge in [-0.1, -0.05) is 194 Å². The van der Waals surface area contributed by atoms with Gasteiger partial charge in [0.1, 0.15) is 0 Å². The van der Waals surface area contributed by atoms with E-state index < -0.39 is 23.9 Å². The second-order valence-electron chi connectivity index (χ2n) is 13.2. The molecule has 284 valence electrons. The Labute approximate surface area is 316 Å². The summed E-state index contributed by atoms with van der Waals surface area (Å²) in [4.78, 5) is 39.6. The van der Waals surface area contributed by atoms with Crippen molar-refractivity contribution in [3.8, 4) is 0 Å². The molecule has 0 saturated carbocycles. The minimum atomic E-state index is -1.26. The first-order valence-corrected chi connectivity index (χ1v) is 19.7. The van der Waals surface area contributed by atoms with E-state index in [0.717, 1.165) is 25.7 Å². The van der Waals surface area contributed by atoms with Gasteiger partial charge in [-0.15, -0.1) is 0 Å². The number of unbranched alkanes of at least 4 members (excludes halogenated alkanes) is 28. The maximum absolute atomic E-state index is 10.2. The van der Waals surface area contributed by atoms with E-state index >= 15 is 0 Å². The van der Waals surface area contributed by atoms with Gasteiger partial charge in [-0.25, -0.2) is 9.59 Å². The Morgan fingerprint density at radius 2 is 0.531 bits per heavy atom. The van der Waals surface area contributed by atoms with Gasteiger partial charge in [0.25, 0.3) is 0 Å². The molecule has 0 saturated heterocycles. The van der Waals surface area contributed by atoms with E-state index in [1.807, 2.05) is 0 Å². The Bertz CT molecular complexity index is 682. The topological polar surface area (TPSA) is 155 Å². The normalized spacial score (nSPS) is 10.4. The standard InChI is InChI=1S/2C18H36O2.C4H4O4.Mg/c2*1-2-3-4-5-6-7-8-9-10-11-12-13-14-15-16-17-18(19)20;5-3(6)1-2-4(7)8;/h2*2-17H2,1H3,(H,19,20);1-2H,(H,5,6)(H,7,8);/q;;;+2/p-2/b;;2-1+;. The molecular weight excluding hydrogens is 633 g/mol. The van der Waals surface area contributed by atoms with E-state index in [1.165, 1.54) is 167 Å². The summed E-state index contributed by atoms with van der Waals surface area (Å²) in [6.07, 6.45) is 40.8. The molecule has 0 aliphatic rings. The zero-order chi connectivity index (χ0) is 36.4. The summed E-state index contributed by atoms with van der Waals surface area (Å²) in [6, 6.07) is 0. The van der Waals surface area contributed by atoms with Crippen LogP contribution in [0.25, 0.3) is 0 Å². The summed E-state index contributed by atoms with van der Waals surface area (Å²) < 4.78 is 0. The Morgan fingerprint density at radius 1 is 0.367 bits per heavy atom. The van der Waals surface area contributed by atoms with Crippen LogP contribution in [0.1, 0.15) is 219 Å². The van der Waals surface area contributed by atoms with Crippen molar-refractivity contribution in [1.29, 1.82) is 0 Å². The maximum atomic E-state index is 10.2. The molecule has 0 aliphatic carbocycles. The summed E-state index contributed by atoms with van der Waals surface area (Å²) >= 11 is 0. The van der Waals surface area contributed by atoms with Crippen molar-refractivity contribution in [2.24, 2.45) is 0 Å². The number of hydrogen-bond acceptors (Lipinski definition) is 6. The Morgan fingerprint density at radius 3 is 0.673 bits per heavy atom. The molecule has 0 aliphatic heterocycles. The molecule has 0 atom stereocenters. The van der Waals surface area contributed by atoms with Gasteiger partial charge >= 0.3 is 35.0 Å². The first kappa shape index (κ1) is 54.2. The zero-order valence-corrected chi connectivity index (χ0v) is 33.2. The minimum Gasteiger partial charge on any atom is -0.550 e. The van der Waals surface area contributed by atoms with Crippen LogP contribution in [-0.2, 0) is 19.2 Å². The van der Waals surface area contributed by atoms with Crippen molar-refractivity contribution in [3.05, 3.63) is 12.2 Å². The van der Waals surface area contributed by atoms with E-state index in [2.05, 4.69) is 13.8 Å². The molecule has 0 heterocycles. The van der Waals surface area contributed by atoms with Crippen molar-refractivity contribution >= 4 is 46.9 Å². The van der Waals surface area contributed by atoms with E-state index in [-0.39, 0.29) is 35.9 Å². The fourth-order valence-corrected chi connectivity index (χ4v) is 5.42. The molecule has 0 aromatic rings. The zero-order valence-electron chi connectivity index (χ0n) is 31.8. The van der Waals surface area contributed by atoms with Crippen LogP contribution < -0.4 is 10.2 Å². The van der Waals surface area contributed by atoms with Gasteiger partial charge in [0.05, 0.1) is 0 Å². The van der Waals surface area contributed by atoms with Crippen LogP contribution in [0.5, 0.6) is 0 Å². The van der Waals surface area contributed by atoms with Crippen molar-refractivity contribution in [2.75, 3.05) is 0 Å². The molecule has 0 fully saturated rings. The maximum Gasteiger partial charge on any atom is 2.00 e. The number of hydrogen-bond donors (Lipinski definition) is 2. The molecule has 9 heteroatoms. The third-order valence-electron chi connectivity index (χ3n) is 8.34. The summed E-state index contributed by atoms with van der Waals surface area (Å²) in [5.74, 6) is -4.32. The van der Waals surface area contributed by atoms with Crippen molar-refractivity contribution in [3.63, 3.8) is 0 Å². The number of carboxylic acids is 4. The third kappa shape index (κ3) is 65.4. The average Bonchev–Trinajstić information content (AvgIpc) is 3.04. The van der Waals surface area contributed by atoms with Gasteiger partial charge in [-0.05, 0) is 25.7 Å². The molecule has 8 nitrogen and oxygen atoms in total. The van der Waals surface area contributed by atoms with Crippen molar-refractivity contribution in [2.45, 2.75) is 219 Å². The number of carbonyl (C=O) groups excluding carboxylic acids is 2. The SMILES string of the molecule is CCCCCCCCCCCCCCCCCC(=O)[O-].CCCCCCCCCCCCCCCCCC(=O)[O-].O=C(O)/C=C/C(=O)O.[Mg+2]. The van der Waals surface area contributed by atoms with Crippen LogP contribution in [0, 0.1) is 0 Å². The summed E-state index contributed by atoms with van der Waals surface area (Å²) in [5.41, 5.74) is 0. The van der Waals surface area contributed by atoms with Crippen LogP contribution in [0.4, 0.5) is 0 Å². The van der Waals surface area contributed by atoms with Gasteiger partial charge in [-0.2, -0.15) is 0 Å². The van der Waals surface area contributed by atoms with Crippen molar-refractivity contribution < 1.29 is 39.6 Å². The van der Waals surface area contributed by atoms with E-state index in [0.29, 0.717) is 12.2 Å². The largest absolute Gasteiger partial charge is 2.00 e. The van der Waals surface area contributed by atoms with Crippen LogP contribution in [0.3, 0.4) is 0 Å². The Kier molecular flexibility index (Phi) is 53.6.